The van der Waals surface area contributed by atoms with E-state index in [4.69, 9.17) is 8.94 Å². The topological polar surface area (TPSA) is 106 Å². The van der Waals surface area contributed by atoms with E-state index < -0.39 is 10.0 Å². The van der Waals surface area contributed by atoms with Crippen molar-refractivity contribution in [3.8, 4) is 0 Å². The van der Waals surface area contributed by atoms with E-state index in [2.05, 4.69) is 10.5 Å². The number of anilines is 1. The lowest BCUT2D eigenvalue weighted by atomic mass is 9.97. The lowest BCUT2D eigenvalue weighted by Gasteiger charge is -2.30. The summed E-state index contributed by atoms with van der Waals surface area (Å²) in [6, 6.07) is 9.28. The lowest BCUT2D eigenvalue weighted by Crippen LogP contribution is -2.41. The van der Waals surface area contributed by atoms with Gasteiger partial charge in [-0.25, -0.2) is 8.42 Å². The average molecular weight is 470 g/mol. The number of hydrogen-bond donors (Lipinski definition) is 1. The van der Waals surface area contributed by atoms with Crippen molar-refractivity contribution in [2.24, 2.45) is 5.92 Å². The van der Waals surface area contributed by atoms with Crippen LogP contribution >= 0.6 is 0 Å². The Morgan fingerprint density at radius 3 is 2.58 bits per heavy atom. The van der Waals surface area contributed by atoms with E-state index >= 15 is 0 Å². The van der Waals surface area contributed by atoms with Crippen LogP contribution in [0.2, 0.25) is 0 Å². The molecule has 1 N–H and O–H groups in total. The van der Waals surface area contributed by atoms with E-state index in [0.717, 1.165) is 16.8 Å². The van der Waals surface area contributed by atoms with Crippen LogP contribution in [-0.2, 0) is 14.8 Å². The summed E-state index contributed by atoms with van der Waals surface area (Å²) >= 11 is 0. The van der Waals surface area contributed by atoms with Crippen molar-refractivity contribution < 1.29 is 22.2 Å². The van der Waals surface area contributed by atoms with Gasteiger partial charge in [0.2, 0.25) is 15.9 Å². The van der Waals surface area contributed by atoms with Gasteiger partial charge < -0.3 is 14.3 Å². The highest BCUT2D eigenvalue weighted by Crippen LogP contribution is 2.30. The Hall–Kier alpha value is -3.17. The van der Waals surface area contributed by atoms with Crippen LogP contribution in [0.15, 0.2) is 50.4 Å². The number of carbonyl (C=O) groups is 1. The SMILES string of the molecule is Cc1cccc(NC(=O)C2CCN(S(=O)(=O)c3c(C)noc3/C=C/c3ccco3)CC2)c1C. The number of aryl methyl sites for hydroxylation is 2. The van der Waals surface area contributed by atoms with Crippen LogP contribution in [-0.4, -0.2) is 36.9 Å². The van der Waals surface area contributed by atoms with E-state index in [1.54, 1.807) is 25.1 Å². The number of benzene rings is 1. The zero-order valence-corrected chi connectivity index (χ0v) is 19.7. The summed E-state index contributed by atoms with van der Waals surface area (Å²) in [5.41, 5.74) is 3.23. The molecule has 1 aromatic carbocycles. The standard InChI is InChI=1S/C24H27N3O5S/c1-16-6-4-8-21(17(16)2)25-24(28)19-11-13-27(14-12-19)33(29,30)23-18(3)26-32-22(23)10-9-20-7-5-15-31-20/h4-10,15,19H,11-14H2,1-3H3,(H,25,28)/b10-9+. The summed E-state index contributed by atoms with van der Waals surface area (Å²) in [5, 5.41) is 6.86. The molecule has 33 heavy (non-hydrogen) atoms. The second-order valence-electron chi connectivity index (χ2n) is 8.23. The van der Waals surface area contributed by atoms with Gasteiger partial charge in [-0.05, 0) is 75.1 Å². The van der Waals surface area contributed by atoms with Gasteiger partial charge in [0.15, 0.2) is 10.7 Å². The van der Waals surface area contributed by atoms with Crippen LogP contribution in [0, 0.1) is 26.7 Å². The number of nitrogens with zero attached hydrogens (tertiary/aromatic N) is 2. The summed E-state index contributed by atoms with van der Waals surface area (Å²) < 4.78 is 38.7. The highest BCUT2D eigenvalue weighted by Gasteiger charge is 2.36. The molecule has 1 amide bonds. The third-order valence-corrected chi connectivity index (χ3v) is 8.12. The molecule has 0 aliphatic carbocycles. The molecule has 2 aromatic heterocycles. The summed E-state index contributed by atoms with van der Waals surface area (Å²) in [6.45, 7) is 6.07. The minimum atomic E-state index is -3.83. The molecular weight excluding hydrogens is 442 g/mol. The van der Waals surface area contributed by atoms with Gasteiger partial charge in [0.1, 0.15) is 11.5 Å². The highest BCUT2D eigenvalue weighted by atomic mass is 32.2. The van der Waals surface area contributed by atoms with E-state index in [9.17, 15) is 13.2 Å². The van der Waals surface area contributed by atoms with Crippen molar-refractivity contribution >= 4 is 33.8 Å². The number of amides is 1. The average Bonchev–Trinajstić information content (AvgIpc) is 3.45. The molecule has 1 saturated heterocycles. The molecule has 9 heteroatoms. The largest absolute Gasteiger partial charge is 0.465 e. The van der Waals surface area contributed by atoms with Gasteiger partial charge in [0, 0.05) is 24.7 Å². The van der Waals surface area contributed by atoms with E-state index in [1.807, 2.05) is 32.0 Å². The van der Waals surface area contributed by atoms with Gasteiger partial charge in [-0.1, -0.05) is 17.3 Å². The third-order valence-electron chi connectivity index (χ3n) is 6.06. The number of sulfonamides is 1. The quantitative estimate of drug-likeness (QED) is 0.574. The van der Waals surface area contributed by atoms with Crippen molar-refractivity contribution in [3.05, 3.63) is 64.9 Å². The zero-order chi connectivity index (χ0) is 23.6. The highest BCUT2D eigenvalue weighted by molar-refractivity contribution is 7.89. The second-order valence-corrected chi connectivity index (χ2v) is 10.1. The third kappa shape index (κ3) is 4.79. The molecule has 3 heterocycles. The van der Waals surface area contributed by atoms with Crippen molar-refractivity contribution in [2.45, 2.75) is 38.5 Å². The van der Waals surface area contributed by atoms with Gasteiger partial charge in [0.25, 0.3) is 0 Å². The fourth-order valence-electron chi connectivity index (χ4n) is 3.95. The number of furan rings is 1. The number of aromatic nitrogens is 1. The van der Waals surface area contributed by atoms with Gasteiger partial charge in [-0.3, -0.25) is 4.79 Å². The molecule has 0 unspecified atom stereocenters. The normalized spacial score (nSPS) is 15.8. The fourth-order valence-corrected chi connectivity index (χ4v) is 5.67. The van der Waals surface area contributed by atoms with Crippen LogP contribution < -0.4 is 5.32 Å². The molecule has 8 nitrogen and oxygen atoms in total. The first-order valence-corrected chi connectivity index (χ1v) is 12.3. The van der Waals surface area contributed by atoms with Crippen LogP contribution in [0.3, 0.4) is 0 Å². The van der Waals surface area contributed by atoms with Crippen molar-refractivity contribution in [3.63, 3.8) is 0 Å². The number of nitrogens with one attached hydrogen (secondary N) is 1. The first kappa shape index (κ1) is 23.0. The Bertz CT molecular complexity index is 1270. The summed E-state index contributed by atoms with van der Waals surface area (Å²) in [4.78, 5) is 12.8. The van der Waals surface area contributed by atoms with Crippen LogP contribution in [0.25, 0.3) is 12.2 Å². The lowest BCUT2D eigenvalue weighted by molar-refractivity contribution is -0.120. The molecule has 174 valence electrons. The number of hydrogen-bond acceptors (Lipinski definition) is 6. The molecule has 1 aliphatic rings. The van der Waals surface area contributed by atoms with Gasteiger partial charge in [-0.15, -0.1) is 0 Å². The first-order valence-electron chi connectivity index (χ1n) is 10.8. The predicted octanol–water partition coefficient (Wildman–Crippen LogP) is 4.40. The maximum Gasteiger partial charge on any atom is 0.248 e. The first-order chi connectivity index (χ1) is 15.8. The molecular formula is C24H27N3O5S. The maximum absolute atomic E-state index is 13.4. The van der Waals surface area contributed by atoms with Gasteiger partial charge >= 0.3 is 0 Å². The molecule has 1 fully saturated rings. The van der Waals surface area contributed by atoms with E-state index in [1.165, 1.54) is 16.6 Å². The molecule has 0 atom stereocenters. The monoisotopic (exact) mass is 469 g/mol. The molecule has 4 rings (SSSR count). The molecule has 0 saturated carbocycles. The Balaban J connectivity index is 1.45. The number of rotatable bonds is 6. The molecule has 3 aromatic rings. The van der Waals surface area contributed by atoms with Crippen LogP contribution in [0.4, 0.5) is 5.69 Å². The number of piperidine rings is 1. The Morgan fingerprint density at radius 1 is 1.12 bits per heavy atom. The van der Waals surface area contributed by atoms with Crippen LogP contribution in [0.1, 0.15) is 41.2 Å². The predicted molar refractivity (Wildman–Crippen MR) is 125 cm³/mol. The molecule has 0 radical (unpaired) electrons. The zero-order valence-electron chi connectivity index (χ0n) is 18.9. The Morgan fingerprint density at radius 2 is 1.88 bits per heavy atom. The van der Waals surface area contributed by atoms with Crippen molar-refractivity contribution in [1.29, 1.82) is 0 Å². The van der Waals surface area contributed by atoms with Gasteiger partial charge in [-0.2, -0.15) is 4.31 Å². The van der Waals surface area contributed by atoms with Gasteiger partial charge in [0.05, 0.1) is 6.26 Å². The summed E-state index contributed by atoms with van der Waals surface area (Å²) in [5.74, 6) is 0.393. The van der Waals surface area contributed by atoms with E-state index in [0.29, 0.717) is 24.3 Å². The fraction of sp³-hybridized carbons (Fsp3) is 0.333. The number of carbonyl (C=O) groups excluding carboxylic acids is 1. The second kappa shape index (κ2) is 9.36. The summed E-state index contributed by atoms with van der Waals surface area (Å²) in [6.07, 6.45) is 5.58. The molecule has 0 bridgehead atoms. The molecule has 1 aliphatic heterocycles. The minimum absolute atomic E-state index is 0.0450. The minimum Gasteiger partial charge on any atom is -0.465 e. The smallest absolute Gasteiger partial charge is 0.248 e. The van der Waals surface area contributed by atoms with Crippen molar-refractivity contribution in [1.82, 2.24) is 9.46 Å². The van der Waals surface area contributed by atoms with Crippen LogP contribution in [0.5, 0.6) is 0 Å². The van der Waals surface area contributed by atoms with Crippen molar-refractivity contribution in [2.75, 3.05) is 18.4 Å². The Labute approximate surface area is 193 Å². The molecule has 0 spiro atoms. The summed E-state index contributed by atoms with van der Waals surface area (Å²) in [7, 11) is -3.83. The van der Waals surface area contributed by atoms with E-state index in [-0.39, 0.29) is 35.6 Å². The maximum atomic E-state index is 13.4. The Kier molecular flexibility index (Phi) is 6.53.